The molecule has 5 nitrogen and oxygen atoms in total. The molecule has 0 radical (unpaired) electrons. The zero-order valence-electron chi connectivity index (χ0n) is 17.7. The van der Waals surface area contributed by atoms with E-state index in [9.17, 15) is 14.0 Å². The van der Waals surface area contributed by atoms with Crippen LogP contribution in [0.2, 0.25) is 5.02 Å². The summed E-state index contributed by atoms with van der Waals surface area (Å²) in [5, 5.41) is 3.50. The maximum Gasteiger partial charge on any atom is 0.261 e. The van der Waals surface area contributed by atoms with E-state index in [1.807, 2.05) is 27.7 Å². The largest absolute Gasteiger partial charge is 0.484 e. The number of nitrogens with zero attached hydrogens (tertiary/aromatic N) is 1. The molecule has 2 rings (SSSR count). The van der Waals surface area contributed by atoms with Crippen LogP contribution in [-0.2, 0) is 16.1 Å². The van der Waals surface area contributed by atoms with Gasteiger partial charge in [0.15, 0.2) is 6.61 Å². The van der Waals surface area contributed by atoms with Gasteiger partial charge in [0.2, 0.25) is 5.91 Å². The molecule has 0 aliphatic carbocycles. The molecule has 7 heteroatoms. The maximum atomic E-state index is 13.3. The number of nitrogens with one attached hydrogen (secondary N) is 1. The van der Waals surface area contributed by atoms with Gasteiger partial charge in [0.1, 0.15) is 17.6 Å². The van der Waals surface area contributed by atoms with Crippen molar-refractivity contribution in [1.82, 2.24) is 10.2 Å². The van der Waals surface area contributed by atoms with Gasteiger partial charge in [-0.1, -0.05) is 30.7 Å². The average Bonchev–Trinajstić information content (AvgIpc) is 2.67. The minimum atomic E-state index is -0.685. The number of hydrogen-bond donors (Lipinski definition) is 1. The Labute approximate surface area is 182 Å². The Hall–Kier alpha value is -2.60. The Balaban J connectivity index is 2.21. The lowest BCUT2D eigenvalue weighted by Crippen LogP contribution is -2.54. The monoisotopic (exact) mass is 434 g/mol. The van der Waals surface area contributed by atoms with Gasteiger partial charge in [-0.25, -0.2) is 4.39 Å². The molecule has 0 saturated heterocycles. The number of amides is 2. The summed E-state index contributed by atoms with van der Waals surface area (Å²) >= 11 is 5.87. The lowest BCUT2D eigenvalue weighted by Gasteiger charge is -2.33. The first kappa shape index (κ1) is 23.7. The van der Waals surface area contributed by atoms with Crippen molar-refractivity contribution in [3.63, 3.8) is 0 Å². The summed E-state index contributed by atoms with van der Waals surface area (Å²) in [6, 6.07) is 11.9. The van der Waals surface area contributed by atoms with Gasteiger partial charge in [-0.3, -0.25) is 9.59 Å². The number of rotatable bonds is 8. The van der Waals surface area contributed by atoms with Crippen LogP contribution in [0.1, 0.15) is 39.7 Å². The maximum absolute atomic E-state index is 13.3. The second-order valence-electron chi connectivity index (χ2n) is 8.05. The molecule has 0 heterocycles. The second kappa shape index (κ2) is 10.4. The molecule has 0 aromatic heterocycles. The summed E-state index contributed by atoms with van der Waals surface area (Å²) in [7, 11) is 0. The van der Waals surface area contributed by atoms with Gasteiger partial charge < -0.3 is 15.0 Å². The molecule has 0 unspecified atom stereocenters. The molecule has 2 aromatic carbocycles. The van der Waals surface area contributed by atoms with Crippen molar-refractivity contribution in [3.05, 3.63) is 64.9 Å². The van der Waals surface area contributed by atoms with E-state index in [4.69, 9.17) is 16.3 Å². The third-order valence-electron chi connectivity index (χ3n) is 4.33. The SMILES string of the molecule is CC[C@H](C(=O)NC(C)(C)C)N(Cc1ccc(F)cc1)C(=O)COc1ccc(Cl)cc1. The quantitative estimate of drug-likeness (QED) is 0.661. The molecular formula is C23H28ClFN2O3. The molecular weight excluding hydrogens is 407 g/mol. The molecule has 0 saturated carbocycles. The number of carbonyl (C=O) groups excluding carboxylic acids is 2. The van der Waals surface area contributed by atoms with E-state index in [1.54, 1.807) is 36.4 Å². The molecule has 0 fully saturated rings. The molecule has 2 amide bonds. The first-order valence-corrected chi connectivity index (χ1v) is 10.2. The third kappa shape index (κ3) is 7.34. The molecule has 30 heavy (non-hydrogen) atoms. The number of halogens is 2. The van der Waals surface area contributed by atoms with Gasteiger partial charge in [-0.2, -0.15) is 0 Å². The van der Waals surface area contributed by atoms with Gasteiger partial charge in [-0.15, -0.1) is 0 Å². The minimum absolute atomic E-state index is 0.166. The van der Waals surface area contributed by atoms with E-state index < -0.39 is 11.6 Å². The van der Waals surface area contributed by atoms with Crippen molar-refractivity contribution in [3.8, 4) is 5.75 Å². The highest BCUT2D eigenvalue weighted by Gasteiger charge is 2.30. The molecule has 0 aliphatic rings. The van der Waals surface area contributed by atoms with E-state index in [0.29, 0.717) is 17.2 Å². The van der Waals surface area contributed by atoms with Crippen LogP contribution in [0.4, 0.5) is 4.39 Å². The van der Waals surface area contributed by atoms with Crippen molar-refractivity contribution >= 4 is 23.4 Å². The van der Waals surface area contributed by atoms with Crippen molar-refractivity contribution < 1.29 is 18.7 Å². The fourth-order valence-corrected chi connectivity index (χ4v) is 3.04. The molecule has 162 valence electrons. The minimum Gasteiger partial charge on any atom is -0.484 e. The Morgan fingerprint density at radius 2 is 1.70 bits per heavy atom. The van der Waals surface area contributed by atoms with Crippen molar-refractivity contribution in [2.75, 3.05) is 6.61 Å². The standard InChI is InChI=1S/C23H28ClFN2O3/c1-5-20(22(29)26-23(2,3)4)27(14-16-6-10-18(25)11-7-16)21(28)15-30-19-12-8-17(24)9-13-19/h6-13,20H,5,14-15H2,1-4H3,(H,26,29)/t20-/m1/s1. The van der Waals surface area contributed by atoms with Crippen LogP contribution in [0.25, 0.3) is 0 Å². The van der Waals surface area contributed by atoms with E-state index in [-0.39, 0.29) is 30.8 Å². The number of ether oxygens (including phenoxy) is 1. The van der Waals surface area contributed by atoms with Crippen LogP contribution >= 0.6 is 11.6 Å². The van der Waals surface area contributed by atoms with Gasteiger partial charge in [0.05, 0.1) is 0 Å². The predicted octanol–water partition coefficient (Wildman–Crippen LogP) is 4.58. The highest BCUT2D eigenvalue weighted by molar-refractivity contribution is 6.30. The van der Waals surface area contributed by atoms with Crippen LogP contribution < -0.4 is 10.1 Å². The normalized spacial score (nSPS) is 12.2. The zero-order chi connectivity index (χ0) is 22.3. The smallest absolute Gasteiger partial charge is 0.261 e. The Morgan fingerprint density at radius 1 is 1.10 bits per heavy atom. The molecule has 0 spiro atoms. The average molecular weight is 435 g/mol. The van der Waals surface area contributed by atoms with E-state index in [2.05, 4.69) is 5.32 Å². The number of benzene rings is 2. The summed E-state index contributed by atoms with van der Waals surface area (Å²) in [5.41, 5.74) is 0.285. The summed E-state index contributed by atoms with van der Waals surface area (Å²) in [6.07, 6.45) is 0.426. The van der Waals surface area contributed by atoms with Gasteiger partial charge in [0, 0.05) is 17.1 Å². The fourth-order valence-electron chi connectivity index (χ4n) is 2.92. The Morgan fingerprint density at radius 3 is 2.23 bits per heavy atom. The molecule has 2 aromatic rings. The lowest BCUT2D eigenvalue weighted by molar-refractivity contribution is -0.143. The fraction of sp³-hybridized carbons (Fsp3) is 0.391. The van der Waals surface area contributed by atoms with Crippen molar-refractivity contribution in [2.45, 2.75) is 52.2 Å². The van der Waals surface area contributed by atoms with E-state index in [1.165, 1.54) is 17.0 Å². The first-order chi connectivity index (χ1) is 14.1. The molecule has 0 aliphatic heterocycles. The highest BCUT2D eigenvalue weighted by Crippen LogP contribution is 2.18. The summed E-state index contributed by atoms with van der Waals surface area (Å²) in [6.45, 7) is 7.42. The Kier molecular flexibility index (Phi) is 8.24. The van der Waals surface area contributed by atoms with E-state index in [0.717, 1.165) is 5.56 Å². The molecule has 0 bridgehead atoms. The van der Waals surface area contributed by atoms with Crippen LogP contribution in [0.5, 0.6) is 5.75 Å². The summed E-state index contributed by atoms with van der Waals surface area (Å²) < 4.78 is 18.9. The molecule has 1 atom stereocenters. The first-order valence-electron chi connectivity index (χ1n) is 9.83. The third-order valence-corrected chi connectivity index (χ3v) is 4.58. The second-order valence-corrected chi connectivity index (χ2v) is 8.49. The Bertz CT molecular complexity index is 848. The van der Waals surface area contributed by atoms with Crippen molar-refractivity contribution in [1.29, 1.82) is 0 Å². The van der Waals surface area contributed by atoms with Crippen LogP contribution in [-0.4, -0.2) is 34.9 Å². The summed E-state index contributed by atoms with van der Waals surface area (Å²) in [5.74, 6) is -0.445. The van der Waals surface area contributed by atoms with Gasteiger partial charge in [-0.05, 0) is 69.2 Å². The zero-order valence-corrected chi connectivity index (χ0v) is 18.5. The topological polar surface area (TPSA) is 58.6 Å². The number of carbonyl (C=O) groups is 2. The number of hydrogen-bond acceptors (Lipinski definition) is 3. The highest BCUT2D eigenvalue weighted by atomic mass is 35.5. The predicted molar refractivity (Wildman–Crippen MR) is 116 cm³/mol. The van der Waals surface area contributed by atoms with Gasteiger partial charge >= 0.3 is 0 Å². The van der Waals surface area contributed by atoms with E-state index >= 15 is 0 Å². The van der Waals surface area contributed by atoms with Gasteiger partial charge in [0.25, 0.3) is 5.91 Å². The van der Waals surface area contributed by atoms with Crippen LogP contribution in [0.15, 0.2) is 48.5 Å². The summed E-state index contributed by atoms with van der Waals surface area (Å²) in [4.78, 5) is 27.4. The lowest BCUT2D eigenvalue weighted by atomic mass is 10.1. The van der Waals surface area contributed by atoms with Crippen molar-refractivity contribution in [2.24, 2.45) is 0 Å². The molecule has 1 N–H and O–H groups in total. The van der Waals surface area contributed by atoms with Crippen LogP contribution in [0.3, 0.4) is 0 Å². The van der Waals surface area contributed by atoms with Crippen LogP contribution in [0, 0.1) is 5.82 Å².